The zero-order valence-electron chi connectivity index (χ0n) is 13.5. The summed E-state index contributed by atoms with van der Waals surface area (Å²) in [6.45, 7) is 1.65. The van der Waals surface area contributed by atoms with Gasteiger partial charge in [-0.2, -0.15) is 0 Å². The number of carboxylic acids is 1. The van der Waals surface area contributed by atoms with E-state index in [1.54, 1.807) is 0 Å². The quantitative estimate of drug-likeness (QED) is 0.929. The summed E-state index contributed by atoms with van der Waals surface area (Å²) in [6.07, 6.45) is 5.10. The van der Waals surface area contributed by atoms with Crippen molar-refractivity contribution in [1.29, 1.82) is 0 Å². The van der Waals surface area contributed by atoms with Gasteiger partial charge in [0.2, 0.25) is 5.91 Å². The summed E-state index contributed by atoms with van der Waals surface area (Å²) in [5, 5.41) is 9.07. The van der Waals surface area contributed by atoms with E-state index in [-0.39, 0.29) is 17.7 Å². The van der Waals surface area contributed by atoms with Crippen molar-refractivity contribution < 1.29 is 14.7 Å². The summed E-state index contributed by atoms with van der Waals surface area (Å²) < 4.78 is 0. The molecule has 3 rings (SSSR count). The molecule has 1 amide bonds. The lowest BCUT2D eigenvalue weighted by Gasteiger charge is -2.33. The maximum atomic E-state index is 12.6. The van der Waals surface area contributed by atoms with E-state index >= 15 is 0 Å². The van der Waals surface area contributed by atoms with Crippen LogP contribution in [0.15, 0.2) is 30.3 Å². The third-order valence-corrected chi connectivity index (χ3v) is 5.42. The highest BCUT2D eigenvalue weighted by Gasteiger charge is 2.36. The van der Waals surface area contributed by atoms with E-state index in [0.29, 0.717) is 18.8 Å². The number of likely N-dealkylation sites (tertiary alicyclic amines) is 1. The van der Waals surface area contributed by atoms with Crippen molar-refractivity contribution in [1.82, 2.24) is 4.90 Å². The number of nitrogens with zero attached hydrogens (tertiary/aromatic N) is 1. The van der Waals surface area contributed by atoms with Gasteiger partial charge in [0.25, 0.3) is 0 Å². The molecule has 1 N–H and O–H groups in total. The van der Waals surface area contributed by atoms with Gasteiger partial charge >= 0.3 is 5.97 Å². The average molecular weight is 315 g/mol. The Labute approximate surface area is 137 Å². The number of benzene rings is 1. The van der Waals surface area contributed by atoms with E-state index < -0.39 is 5.97 Å². The normalized spacial score (nSPS) is 25.5. The number of amides is 1. The molecule has 1 aromatic rings. The van der Waals surface area contributed by atoms with Crippen molar-refractivity contribution >= 4 is 11.9 Å². The van der Waals surface area contributed by atoms with Crippen LogP contribution in [-0.4, -0.2) is 35.0 Å². The fraction of sp³-hybridized carbons (Fsp3) is 0.579. The number of aliphatic carboxylic acids is 1. The van der Waals surface area contributed by atoms with Crippen molar-refractivity contribution in [3.8, 4) is 0 Å². The van der Waals surface area contributed by atoms with Crippen LogP contribution in [0.3, 0.4) is 0 Å². The monoisotopic (exact) mass is 315 g/mol. The standard InChI is InChI=1S/C19H25NO3/c21-18(16-6-7-17(13-16)19(22)23)20-10-8-15(9-11-20)12-14-4-2-1-3-5-14/h1-5,15-17H,6-13H2,(H,22,23)/t16-,17+/m0/s1. The van der Waals surface area contributed by atoms with Gasteiger partial charge in [-0.15, -0.1) is 0 Å². The number of rotatable bonds is 4. The summed E-state index contributed by atoms with van der Waals surface area (Å²) in [5.41, 5.74) is 1.37. The molecule has 124 valence electrons. The molecule has 1 aliphatic carbocycles. The zero-order chi connectivity index (χ0) is 16.2. The summed E-state index contributed by atoms with van der Waals surface area (Å²) in [5.74, 6) is -0.299. The molecule has 0 unspecified atom stereocenters. The predicted octanol–water partition coefficient (Wildman–Crippen LogP) is 2.97. The molecular weight excluding hydrogens is 290 g/mol. The Bertz CT molecular complexity index is 549. The molecule has 0 radical (unpaired) electrons. The molecule has 23 heavy (non-hydrogen) atoms. The van der Waals surface area contributed by atoms with Crippen molar-refractivity contribution in [2.75, 3.05) is 13.1 Å². The lowest BCUT2D eigenvalue weighted by molar-refractivity contribution is -0.141. The molecule has 0 spiro atoms. The number of carbonyl (C=O) groups is 2. The van der Waals surface area contributed by atoms with Crippen LogP contribution in [0.1, 0.15) is 37.7 Å². The summed E-state index contributed by atoms with van der Waals surface area (Å²) in [6, 6.07) is 10.5. The van der Waals surface area contributed by atoms with Crippen LogP contribution in [0.4, 0.5) is 0 Å². The van der Waals surface area contributed by atoms with Crippen LogP contribution >= 0.6 is 0 Å². The van der Waals surface area contributed by atoms with Gasteiger partial charge in [-0.25, -0.2) is 0 Å². The van der Waals surface area contributed by atoms with Crippen molar-refractivity contribution in [2.45, 2.75) is 38.5 Å². The fourth-order valence-corrected chi connectivity index (χ4v) is 3.99. The molecule has 4 heteroatoms. The molecule has 1 heterocycles. The molecule has 0 aromatic heterocycles. The minimum atomic E-state index is -0.748. The zero-order valence-corrected chi connectivity index (χ0v) is 13.5. The first-order valence-electron chi connectivity index (χ1n) is 8.69. The highest BCUT2D eigenvalue weighted by molar-refractivity contribution is 5.81. The van der Waals surface area contributed by atoms with E-state index in [4.69, 9.17) is 5.11 Å². The Kier molecular flexibility index (Phi) is 4.99. The summed E-state index contributed by atoms with van der Waals surface area (Å²) in [4.78, 5) is 25.6. The molecule has 1 saturated heterocycles. The molecule has 2 fully saturated rings. The second-order valence-corrected chi connectivity index (χ2v) is 7.00. The molecule has 2 aliphatic rings. The van der Waals surface area contributed by atoms with E-state index in [2.05, 4.69) is 24.3 Å². The maximum Gasteiger partial charge on any atom is 0.306 e. The Morgan fingerprint density at radius 1 is 1.00 bits per heavy atom. The largest absolute Gasteiger partial charge is 0.481 e. The number of carbonyl (C=O) groups excluding carboxylic acids is 1. The first kappa shape index (κ1) is 16.0. The molecule has 0 bridgehead atoms. The molecule has 1 aromatic carbocycles. The highest BCUT2D eigenvalue weighted by atomic mass is 16.4. The third-order valence-electron chi connectivity index (χ3n) is 5.42. The predicted molar refractivity (Wildman–Crippen MR) is 87.9 cm³/mol. The van der Waals surface area contributed by atoms with E-state index in [1.807, 2.05) is 11.0 Å². The van der Waals surface area contributed by atoms with E-state index in [0.717, 1.165) is 38.8 Å². The lowest BCUT2D eigenvalue weighted by Crippen LogP contribution is -2.41. The van der Waals surface area contributed by atoms with Gasteiger partial charge in [0.05, 0.1) is 5.92 Å². The van der Waals surface area contributed by atoms with Crippen LogP contribution < -0.4 is 0 Å². The van der Waals surface area contributed by atoms with Gasteiger partial charge in [-0.1, -0.05) is 30.3 Å². The van der Waals surface area contributed by atoms with Gasteiger partial charge in [0.15, 0.2) is 0 Å². The van der Waals surface area contributed by atoms with Crippen LogP contribution in [0.25, 0.3) is 0 Å². The molecule has 4 nitrogen and oxygen atoms in total. The third kappa shape index (κ3) is 3.92. The average Bonchev–Trinajstić information content (AvgIpc) is 3.06. The fourth-order valence-electron chi connectivity index (χ4n) is 3.99. The van der Waals surface area contributed by atoms with Crippen molar-refractivity contribution in [3.05, 3.63) is 35.9 Å². The Morgan fingerprint density at radius 2 is 1.65 bits per heavy atom. The van der Waals surface area contributed by atoms with Crippen molar-refractivity contribution in [2.24, 2.45) is 17.8 Å². The summed E-state index contributed by atoms with van der Waals surface area (Å²) in [7, 11) is 0. The van der Waals surface area contributed by atoms with Crippen LogP contribution in [0, 0.1) is 17.8 Å². The smallest absolute Gasteiger partial charge is 0.306 e. The minimum absolute atomic E-state index is 0.0678. The second kappa shape index (κ2) is 7.16. The van der Waals surface area contributed by atoms with E-state index in [1.165, 1.54) is 5.56 Å². The Hall–Kier alpha value is -1.84. The molecule has 1 aliphatic heterocycles. The van der Waals surface area contributed by atoms with Gasteiger partial charge < -0.3 is 10.0 Å². The SMILES string of the molecule is O=C(O)[C@@H]1CC[C@H](C(=O)N2CCC(Cc3ccccc3)CC2)C1. The van der Waals surface area contributed by atoms with Gasteiger partial charge in [0, 0.05) is 19.0 Å². The molecular formula is C19H25NO3. The molecule has 1 saturated carbocycles. The van der Waals surface area contributed by atoms with Gasteiger partial charge in [-0.05, 0) is 50.0 Å². The highest BCUT2D eigenvalue weighted by Crippen LogP contribution is 2.33. The van der Waals surface area contributed by atoms with Crippen LogP contribution in [0.2, 0.25) is 0 Å². The minimum Gasteiger partial charge on any atom is -0.481 e. The Balaban J connectivity index is 1.47. The van der Waals surface area contributed by atoms with Gasteiger partial charge in [-0.3, -0.25) is 9.59 Å². The first-order chi connectivity index (χ1) is 11.1. The van der Waals surface area contributed by atoms with Gasteiger partial charge in [0.1, 0.15) is 0 Å². The van der Waals surface area contributed by atoms with Crippen molar-refractivity contribution in [3.63, 3.8) is 0 Å². The maximum absolute atomic E-state index is 12.6. The van der Waals surface area contributed by atoms with Crippen LogP contribution in [-0.2, 0) is 16.0 Å². The lowest BCUT2D eigenvalue weighted by atomic mass is 9.89. The van der Waals surface area contributed by atoms with E-state index in [9.17, 15) is 9.59 Å². The number of hydrogen-bond acceptors (Lipinski definition) is 2. The topological polar surface area (TPSA) is 57.6 Å². The number of piperidine rings is 1. The Morgan fingerprint density at radius 3 is 2.26 bits per heavy atom. The number of hydrogen-bond donors (Lipinski definition) is 1. The summed E-state index contributed by atoms with van der Waals surface area (Å²) >= 11 is 0. The second-order valence-electron chi connectivity index (χ2n) is 7.00. The number of carboxylic acid groups (broad SMARTS) is 1. The first-order valence-corrected chi connectivity index (χ1v) is 8.69. The van der Waals surface area contributed by atoms with Crippen LogP contribution in [0.5, 0.6) is 0 Å². The molecule has 2 atom stereocenters.